The fourth-order valence-electron chi connectivity index (χ4n) is 2.59. The highest BCUT2D eigenvalue weighted by Crippen LogP contribution is 2.29. The first-order valence-corrected chi connectivity index (χ1v) is 9.64. The molecule has 0 aromatic heterocycles. The lowest BCUT2D eigenvalue weighted by molar-refractivity contribution is 0.0898. The van der Waals surface area contributed by atoms with Gasteiger partial charge in [0.2, 0.25) is 0 Å². The van der Waals surface area contributed by atoms with Gasteiger partial charge in [0.25, 0.3) is 11.8 Å². The second-order valence-corrected chi connectivity index (χ2v) is 7.72. The number of aryl methyl sites for hydroxylation is 1. The number of amides is 2. The summed E-state index contributed by atoms with van der Waals surface area (Å²) in [6.45, 7) is 1.91. The van der Waals surface area contributed by atoms with E-state index in [1.54, 1.807) is 24.3 Å². The van der Waals surface area contributed by atoms with E-state index in [9.17, 15) is 9.59 Å². The number of nitrogens with zero attached hydrogens (tertiary/aromatic N) is 1. The van der Waals surface area contributed by atoms with Gasteiger partial charge in [-0.2, -0.15) is 0 Å². The van der Waals surface area contributed by atoms with Gasteiger partial charge in [-0.25, -0.2) is 4.90 Å². The Bertz CT molecular complexity index is 1000. The molecule has 0 saturated carbocycles. The summed E-state index contributed by atoms with van der Waals surface area (Å²) in [4.78, 5) is 27.6. The van der Waals surface area contributed by atoms with Crippen LogP contribution in [-0.4, -0.2) is 11.8 Å². The molecule has 0 spiro atoms. The minimum atomic E-state index is -0.596. The molecule has 0 bridgehead atoms. The highest BCUT2D eigenvalue weighted by molar-refractivity contribution is 6.40. The molecule has 28 heavy (non-hydrogen) atoms. The van der Waals surface area contributed by atoms with Crippen LogP contribution in [0.15, 0.2) is 60.7 Å². The summed E-state index contributed by atoms with van der Waals surface area (Å²) >= 11 is 24.2. The highest BCUT2D eigenvalue weighted by atomic mass is 35.5. The minimum absolute atomic E-state index is 0.143. The Morgan fingerprint density at radius 2 is 1.11 bits per heavy atom. The molecule has 0 radical (unpaired) electrons. The van der Waals surface area contributed by atoms with Crippen LogP contribution in [0.5, 0.6) is 0 Å². The average Bonchev–Trinajstić information content (AvgIpc) is 2.63. The van der Waals surface area contributed by atoms with Gasteiger partial charge in [-0.05, 0) is 55.5 Å². The normalized spacial score (nSPS) is 10.6. The number of rotatable bonds is 3. The average molecular weight is 453 g/mol. The molecule has 3 aromatic carbocycles. The Kier molecular flexibility index (Phi) is 6.31. The van der Waals surface area contributed by atoms with Crippen LogP contribution in [0.25, 0.3) is 0 Å². The van der Waals surface area contributed by atoms with Gasteiger partial charge in [0, 0.05) is 10.0 Å². The van der Waals surface area contributed by atoms with Gasteiger partial charge < -0.3 is 0 Å². The van der Waals surface area contributed by atoms with Crippen LogP contribution in [0.2, 0.25) is 20.1 Å². The summed E-state index contributed by atoms with van der Waals surface area (Å²) in [6.07, 6.45) is 0. The van der Waals surface area contributed by atoms with Crippen LogP contribution >= 0.6 is 46.4 Å². The third-order valence-electron chi connectivity index (χ3n) is 4.02. The Labute approximate surface area is 182 Å². The molecule has 3 aromatic rings. The van der Waals surface area contributed by atoms with E-state index in [1.807, 2.05) is 6.92 Å². The first kappa shape index (κ1) is 20.7. The van der Waals surface area contributed by atoms with E-state index >= 15 is 0 Å². The number of hydrogen-bond acceptors (Lipinski definition) is 2. The minimum Gasteiger partial charge on any atom is -0.268 e. The van der Waals surface area contributed by atoms with Crippen LogP contribution < -0.4 is 4.90 Å². The van der Waals surface area contributed by atoms with Gasteiger partial charge in [-0.3, -0.25) is 9.59 Å². The molecule has 0 aliphatic rings. The number of carbonyl (C=O) groups is 2. The number of hydrogen-bond donors (Lipinski definition) is 0. The van der Waals surface area contributed by atoms with Crippen LogP contribution in [0, 0.1) is 6.92 Å². The standard InChI is InChI=1S/C21H13Cl4NO2/c1-12-2-6-15(7-3-12)26(20(27)16-8-4-13(22)10-18(16)24)21(28)17-9-5-14(23)11-19(17)25/h2-11H,1H3. The molecule has 7 heteroatoms. The van der Waals surface area contributed by atoms with Crippen molar-refractivity contribution in [1.82, 2.24) is 0 Å². The summed E-state index contributed by atoms with van der Waals surface area (Å²) in [5.74, 6) is -1.19. The lowest BCUT2D eigenvalue weighted by Gasteiger charge is -2.22. The molecule has 0 aliphatic heterocycles. The van der Waals surface area contributed by atoms with Crippen molar-refractivity contribution in [3.63, 3.8) is 0 Å². The summed E-state index contributed by atoms with van der Waals surface area (Å²) in [6, 6.07) is 15.9. The van der Waals surface area contributed by atoms with Gasteiger partial charge >= 0.3 is 0 Å². The second kappa shape index (κ2) is 8.54. The summed E-state index contributed by atoms with van der Waals surface area (Å²) in [5, 5.41) is 1.06. The molecule has 142 valence electrons. The molecule has 0 atom stereocenters. The van der Waals surface area contributed by atoms with Crippen molar-refractivity contribution in [2.45, 2.75) is 6.92 Å². The maximum atomic E-state index is 13.3. The largest absolute Gasteiger partial charge is 0.268 e. The Morgan fingerprint density at radius 3 is 1.50 bits per heavy atom. The van der Waals surface area contributed by atoms with E-state index in [0.717, 1.165) is 10.5 Å². The van der Waals surface area contributed by atoms with Crippen molar-refractivity contribution in [3.05, 3.63) is 97.4 Å². The zero-order chi connectivity index (χ0) is 20.4. The van der Waals surface area contributed by atoms with E-state index in [0.29, 0.717) is 15.7 Å². The SMILES string of the molecule is Cc1ccc(N(C(=O)c2ccc(Cl)cc2Cl)C(=O)c2ccc(Cl)cc2Cl)cc1. The molecule has 0 saturated heterocycles. The second-order valence-electron chi connectivity index (χ2n) is 6.03. The molecular weight excluding hydrogens is 440 g/mol. The summed E-state index contributed by atoms with van der Waals surface area (Å²) < 4.78 is 0. The van der Waals surface area contributed by atoms with Crippen molar-refractivity contribution < 1.29 is 9.59 Å². The molecule has 2 amide bonds. The number of imide groups is 1. The van der Waals surface area contributed by atoms with Crippen LogP contribution in [0.4, 0.5) is 5.69 Å². The summed E-state index contributed by atoms with van der Waals surface area (Å²) in [7, 11) is 0. The lowest BCUT2D eigenvalue weighted by atomic mass is 10.1. The smallest absolute Gasteiger partial charge is 0.266 e. The number of benzene rings is 3. The maximum Gasteiger partial charge on any atom is 0.266 e. The zero-order valence-corrected chi connectivity index (χ0v) is 17.6. The van der Waals surface area contributed by atoms with Crippen LogP contribution in [0.3, 0.4) is 0 Å². The topological polar surface area (TPSA) is 37.4 Å². The first-order chi connectivity index (χ1) is 13.3. The monoisotopic (exact) mass is 451 g/mol. The van der Waals surface area contributed by atoms with E-state index in [1.165, 1.54) is 36.4 Å². The molecule has 3 rings (SSSR count). The van der Waals surface area contributed by atoms with Crippen LogP contribution in [0.1, 0.15) is 26.3 Å². The van der Waals surface area contributed by atoms with Gasteiger partial charge in [0.05, 0.1) is 26.9 Å². The third-order valence-corrected chi connectivity index (χ3v) is 5.12. The summed E-state index contributed by atoms with van der Waals surface area (Å²) in [5.41, 5.74) is 1.66. The Morgan fingerprint density at radius 1 is 0.679 bits per heavy atom. The maximum absolute atomic E-state index is 13.3. The van der Waals surface area contributed by atoms with Gasteiger partial charge in [-0.15, -0.1) is 0 Å². The van der Waals surface area contributed by atoms with E-state index in [-0.39, 0.29) is 21.2 Å². The van der Waals surface area contributed by atoms with E-state index in [2.05, 4.69) is 0 Å². The Hall–Kier alpha value is -2.04. The molecule has 0 heterocycles. The zero-order valence-electron chi connectivity index (χ0n) is 14.5. The lowest BCUT2D eigenvalue weighted by Crippen LogP contribution is -2.37. The predicted molar refractivity (Wildman–Crippen MR) is 115 cm³/mol. The van der Waals surface area contributed by atoms with Crippen molar-refractivity contribution >= 4 is 63.9 Å². The van der Waals surface area contributed by atoms with Gasteiger partial charge in [0.1, 0.15) is 0 Å². The van der Waals surface area contributed by atoms with E-state index in [4.69, 9.17) is 46.4 Å². The van der Waals surface area contributed by atoms with Crippen molar-refractivity contribution in [2.24, 2.45) is 0 Å². The van der Waals surface area contributed by atoms with E-state index < -0.39 is 11.8 Å². The predicted octanol–water partition coefficient (Wildman–Crippen LogP) is 7.10. The first-order valence-electron chi connectivity index (χ1n) is 8.13. The fourth-order valence-corrected chi connectivity index (χ4v) is 3.57. The van der Waals surface area contributed by atoms with Crippen molar-refractivity contribution in [2.75, 3.05) is 4.90 Å². The number of halogens is 4. The molecule has 0 fully saturated rings. The van der Waals surface area contributed by atoms with Crippen molar-refractivity contribution in [1.29, 1.82) is 0 Å². The van der Waals surface area contributed by atoms with Gasteiger partial charge in [-0.1, -0.05) is 64.1 Å². The molecule has 3 nitrogen and oxygen atoms in total. The van der Waals surface area contributed by atoms with Crippen LogP contribution in [-0.2, 0) is 0 Å². The third kappa shape index (κ3) is 4.34. The quantitative estimate of drug-likeness (QED) is 0.397. The highest BCUT2D eigenvalue weighted by Gasteiger charge is 2.28. The molecule has 0 N–H and O–H groups in total. The van der Waals surface area contributed by atoms with Gasteiger partial charge in [0.15, 0.2) is 0 Å². The molecule has 0 aliphatic carbocycles. The van der Waals surface area contributed by atoms with Crippen molar-refractivity contribution in [3.8, 4) is 0 Å². The molecular formula is C21H13Cl4NO2. The number of anilines is 1. The number of carbonyl (C=O) groups excluding carboxylic acids is 2. The molecule has 0 unspecified atom stereocenters. The fraction of sp³-hybridized carbons (Fsp3) is 0.0476. The Balaban J connectivity index is 2.13.